The lowest BCUT2D eigenvalue weighted by Crippen LogP contribution is -2.47. The van der Waals surface area contributed by atoms with Crippen molar-refractivity contribution < 1.29 is 9.18 Å². The van der Waals surface area contributed by atoms with Crippen LogP contribution < -0.4 is 0 Å². The maximum Gasteiger partial charge on any atom is 0.224 e. The third-order valence-electron chi connectivity index (χ3n) is 5.90. The van der Waals surface area contributed by atoms with Crippen LogP contribution >= 0.6 is 0 Å². The SMILES string of the molecule is Cc1ccnn1CCC(=O)N1C[C@@H]2CC[C@H]1CN(Cc1ccc(F)cc1)C2. The van der Waals surface area contributed by atoms with E-state index in [1.165, 1.54) is 18.6 Å². The zero-order chi connectivity index (χ0) is 18.8. The normalized spacial score (nSPS) is 22.8. The molecule has 1 aromatic carbocycles. The number of hydrogen-bond donors (Lipinski definition) is 0. The summed E-state index contributed by atoms with van der Waals surface area (Å²) in [5, 5.41) is 4.28. The summed E-state index contributed by atoms with van der Waals surface area (Å²) in [4.78, 5) is 17.4. The smallest absolute Gasteiger partial charge is 0.224 e. The number of piperidine rings is 1. The molecule has 3 aliphatic heterocycles. The molecule has 0 saturated carbocycles. The molecular weight excluding hydrogens is 343 g/mol. The summed E-state index contributed by atoms with van der Waals surface area (Å²) in [6.45, 7) is 6.25. The second kappa shape index (κ2) is 7.80. The fourth-order valence-electron chi connectivity index (χ4n) is 4.44. The number of halogens is 1. The van der Waals surface area contributed by atoms with E-state index in [9.17, 15) is 9.18 Å². The number of carbonyl (C=O) groups is 1. The van der Waals surface area contributed by atoms with Gasteiger partial charge in [-0.05, 0) is 49.4 Å². The van der Waals surface area contributed by atoms with Gasteiger partial charge in [-0.1, -0.05) is 12.1 Å². The molecule has 4 heterocycles. The van der Waals surface area contributed by atoms with Crippen LogP contribution in [0.3, 0.4) is 0 Å². The van der Waals surface area contributed by atoms with Crippen LogP contribution in [0.15, 0.2) is 36.5 Å². The van der Waals surface area contributed by atoms with Crippen molar-refractivity contribution in [2.75, 3.05) is 19.6 Å². The molecular formula is C21H27FN4O. The Bertz CT molecular complexity index is 788. The van der Waals surface area contributed by atoms with Crippen LogP contribution in [0, 0.1) is 18.7 Å². The molecule has 2 aromatic rings. The lowest BCUT2D eigenvalue weighted by atomic mass is 9.94. The molecule has 1 aromatic heterocycles. The standard InChI is InChI=1S/C21H27FN4O/c1-16-8-10-23-26(16)11-9-21(27)25-14-18-4-7-20(25)15-24(13-18)12-17-2-5-19(22)6-3-17/h2-3,5-6,8,10,18,20H,4,7,9,11-15H2,1H3/t18-,20+/m1/s1. The highest BCUT2D eigenvalue weighted by molar-refractivity contribution is 5.76. The molecule has 3 fully saturated rings. The molecule has 0 N–H and O–H groups in total. The number of aryl methyl sites for hydroxylation is 2. The van der Waals surface area contributed by atoms with Crippen LogP contribution in [0.4, 0.5) is 4.39 Å². The summed E-state index contributed by atoms with van der Waals surface area (Å²) in [5.74, 6) is 0.571. The number of rotatable bonds is 5. The van der Waals surface area contributed by atoms with Gasteiger partial charge >= 0.3 is 0 Å². The number of amides is 1. The topological polar surface area (TPSA) is 41.4 Å². The van der Waals surface area contributed by atoms with Crippen LogP contribution in [-0.4, -0.2) is 51.2 Å². The van der Waals surface area contributed by atoms with E-state index in [2.05, 4.69) is 14.9 Å². The van der Waals surface area contributed by atoms with Gasteiger partial charge in [-0.25, -0.2) is 4.39 Å². The maximum absolute atomic E-state index is 13.1. The third-order valence-corrected chi connectivity index (χ3v) is 5.90. The van der Waals surface area contributed by atoms with Crippen molar-refractivity contribution in [3.63, 3.8) is 0 Å². The van der Waals surface area contributed by atoms with E-state index >= 15 is 0 Å². The van der Waals surface area contributed by atoms with Crippen LogP contribution in [-0.2, 0) is 17.9 Å². The lowest BCUT2D eigenvalue weighted by Gasteiger charge is -2.36. The largest absolute Gasteiger partial charge is 0.338 e. The van der Waals surface area contributed by atoms with Gasteiger partial charge in [-0.2, -0.15) is 5.10 Å². The molecule has 5 nitrogen and oxygen atoms in total. The van der Waals surface area contributed by atoms with E-state index in [1.54, 1.807) is 6.20 Å². The fourth-order valence-corrected chi connectivity index (χ4v) is 4.44. The number of nitrogens with zero attached hydrogens (tertiary/aromatic N) is 4. The van der Waals surface area contributed by atoms with E-state index in [-0.39, 0.29) is 17.8 Å². The van der Waals surface area contributed by atoms with Crippen LogP contribution in [0.25, 0.3) is 0 Å². The van der Waals surface area contributed by atoms with E-state index in [4.69, 9.17) is 0 Å². The molecule has 2 atom stereocenters. The highest BCUT2D eigenvalue weighted by Crippen LogP contribution is 2.29. The number of hydrogen-bond acceptors (Lipinski definition) is 3. The van der Waals surface area contributed by atoms with Gasteiger partial charge in [-0.3, -0.25) is 14.4 Å². The Morgan fingerprint density at radius 1 is 1.15 bits per heavy atom. The first-order valence-electron chi connectivity index (χ1n) is 9.83. The van der Waals surface area contributed by atoms with Crippen molar-refractivity contribution in [3.8, 4) is 0 Å². The highest BCUT2D eigenvalue weighted by atomic mass is 19.1. The second-order valence-corrected chi connectivity index (χ2v) is 7.91. The summed E-state index contributed by atoms with van der Waals surface area (Å²) in [6.07, 6.45) is 4.55. The quantitative estimate of drug-likeness (QED) is 0.813. The summed E-state index contributed by atoms with van der Waals surface area (Å²) in [6, 6.07) is 9.01. The number of fused-ring (bicyclic) bond motifs is 4. The van der Waals surface area contributed by atoms with Gasteiger partial charge in [0, 0.05) is 57.1 Å². The van der Waals surface area contributed by atoms with Crippen LogP contribution in [0.2, 0.25) is 0 Å². The van der Waals surface area contributed by atoms with Gasteiger partial charge in [0.25, 0.3) is 0 Å². The zero-order valence-corrected chi connectivity index (χ0v) is 15.9. The van der Waals surface area contributed by atoms with Crippen LogP contribution in [0.1, 0.15) is 30.5 Å². The first-order chi connectivity index (χ1) is 13.1. The van der Waals surface area contributed by atoms with E-state index in [0.29, 0.717) is 18.9 Å². The minimum Gasteiger partial charge on any atom is -0.338 e. The molecule has 0 unspecified atom stereocenters. The molecule has 5 rings (SSSR count). The van der Waals surface area contributed by atoms with E-state index < -0.39 is 0 Å². The Morgan fingerprint density at radius 3 is 2.70 bits per heavy atom. The Morgan fingerprint density at radius 2 is 1.96 bits per heavy atom. The molecule has 2 bridgehead atoms. The van der Waals surface area contributed by atoms with Gasteiger partial charge in [-0.15, -0.1) is 0 Å². The Hall–Kier alpha value is -2.21. The molecule has 0 radical (unpaired) electrons. The molecule has 3 aliphatic rings. The van der Waals surface area contributed by atoms with Gasteiger partial charge in [0.05, 0.1) is 0 Å². The van der Waals surface area contributed by atoms with Crippen LogP contribution in [0.5, 0.6) is 0 Å². The average molecular weight is 370 g/mol. The minimum atomic E-state index is -0.195. The number of carbonyl (C=O) groups excluding carboxylic acids is 1. The van der Waals surface area contributed by atoms with Crippen molar-refractivity contribution in [3.05, 3.63) is 53.6 Å². The maximum atomic E-state index is 13.1. The van der Waals surface area contributed by atoms with Crippen molar-refractivity contribution in [2.24, 2.45) is 5.92 Å². The molecule has 0 aliphatic carbocycles. The molecule has 27 heavy (non-hydrogen) atoms. The summed E-state index contributed by atoms with van der Waals surface area (Å²) in [7, 11) is 0. The predicted molar refractivity (Wildman–Crippen MR) is 101 cm³/mol. The monoisotopic (exact) mass is 370 g/mol. The molecule has 1 amide bonds. The lowest BCUT2D eigenvalue weighted by molar-refractivity contribution is -0.135. The van der Waals surface area contributed by atoms with Gasteiger partial charge in [0.15, 0.2) is 0 Å². The molecule has 144 valence electrons. The second-order valence-electron chi connectivity index (χ2n) is 7.91. The van der Waals surface area contributed by atoms with Crippen molar-refractivity contribution in [1.82, 2.24) is 19.6 Å². The summed E-state index contributed by atoms with van der Waals surface area (Å²) in [5.41, 5.74) is 2.22. The first kappa shape index (κ1) is 18.2. The van der Waals surface area contributed by atoms with Gasteiger partial charge in [0.1, 0.15) is 5.82 Å². The Labute approximate surface area is 159 Å². The number of aromatic nitrogens is 2. The van der Waals surface area contributed by atoms with E-state index in [1.807, 2.05) is 29.8 Å². The molecule has 0 spiro atoms. The molecule has 6 heteroatoms. The third kappa shape index (κ3) is 4.21. The summed E-state index contributed by atoms with van der Waals surface area (Å²) >= 11 is 0. The van der Waals surface area contributed by atoms with Crippen molar-refractivity contribution in [1.29, 1.82) is 0 Å². The fraction of sp³-hybridized carbons (Fsp3) is 0.524. The van der Waals surface area contributed by atoms with Gasteiger partial charge < -0.3 is 4.90 Å². The van der Waals surface area contributed by atoms with Crippen molar-refractivity contribution in [2.45, 2.75) is 45.3 Å². The Kier molecular flexibility index (Phi) is 5.25. The predicted octanol–water partition coefficient (Wildman–Crippen LogP) is 2.84. The minimum absolute atomic E-state index is 0.195. The Balaban J connectivity index is 1.38. The summed E-state index contributed by atoms with van der Waals surface area (Å²) < 4.78 is 15.0. The number of benzene rings is 1. The zero-order valence-electron chi connectivity index (χ0n) is 15.9. The molecule has 3 saturated heterocycles. The van der Waals surface area contributed by atoms with Crippen molar-refractivity contribution >= 4 is 5.91 Å². The van der Waals surface area contributed by atoms with Gasteiger partial charge in [0.2, 0.25) is 5.91 Å². The average Bonchev–Trinajstić information content (AvgIpc) is 2.87. The highest BCUT2D eigenvalue weighted by Gasteiger charge is 2.36. The first-order valence-corrected chi connectivity index (χ1v) is 9.83. The van der Waals surface area contributed by atoms with E-state index in [0.717, 1.165) is 43.9 Å².